The van der Waals surface area contributed by atoms with Gasteiger partial charge in [-0.1, -0.05) is 45.4 Å². The molecule has 0 amide bonds. The highest BCUT2D eigenvalue weighted by Crippen LogP contribution is 2.24. The van der Waals surface area contributed by atoms with Gasteiger partial charge in [0.1, 0.15) is 0 Å². The van der Waals surface area contributed by atoms with E-state index >= 15 is 0 Å². The second-order valence-corrected chi connectivity index (χ2v) is 20.0. The molecule has 1 heterocycles. The van der Waals surface area contributed by atoms with Gasteiger partial charge in [-0.05, 0) is 18.3 Å². The van der Waals surface area contributed by atoms with Crippen molar-refractivity contribution in [3.8, 4) is 0 Å². The SMILES string of the molecule is C[Si](C)(C)CCOCC1(COCC[Si](C)(C)C)C=CNC1. The minimum absolute atomic E-state index is 0.0406. The number of hydrogen-bond donors (Lipinski definition) is 1. The van der Waals surface area contributed by atoms with Gasteiger partial charge in [-0.3, -0.25) is 0 Å². The maximum Gasteiger partial charge on any atom is 0.0596 e. The summed E-state index contributed by atoms with van der Waals surface area (Å²) in [4.78, 5) is 0. The largest absolute Gasteiger partial charge is 0.390 e. The van der Waals surface area contributed by atoms with Gasteiger partial charge in [0.15, 0.2) is 0 Å². The zero-order valence-electron chi connectivity index (χ0n) is 14.9. The Hall–Kier alpha value is -0.106. The third-order valence-corrected chi connectivity index (χ3v) is 7.19. The first-order chi connectivity index (χ1) is 9.62. The minimum atomic E-state index is -0.996. The second kappa shape index (κ2) is 7.95. The molecule has 1 N–H and O–H groups in total. The van der Waals surface area contributed by atoms with Gasteiger partial charge in [0.2, 0.25) is 0 Å². The zero-order chi connectivity index (χ0) is 16.0. The molecule has 0 atom stereocenters. The lowest BCUT2D eigenvalue weighted by atomic mass is 9.92. The van der Waals surface area contributed by atoms with Gasteiger partial charge in [-0.15, -0.1) is 0 Å². The third-order valence-electron chi connectivity index (χ3n) is 3.78. The fourth-order valence-electron chi connectivity index (χ4n) is 2.10. The molecule has 1 aliphatic rings. The molecule has 0 saturated heterocycles. The fourth-order valence-corrected chi connectivity index (χ4v) is 3.62. The predicted octanol–water partition coefficient (Wildman–Crippen LogP) is 3.80. The van der Waals surface area contributed by atoms with Crippen LogP contribution < -0.4 is 5.32 Å². The lowest BCUT2D eigenvalue weighted by Crippen LogP contribution is -2.36. The standard InChI is InChI=1S/C16H35NO2Si2/c1-20(2,3)11-9-18-14-16(7-8-17-13-16)15-19-10-12-21(4,5)6/h7-8,17H,9-15H2,1-6H3. The fraction of sp³-hybridized carbons (Fsp3) is 0.875. The van der Waals surface area contributed by atoms with E-state index in [0.29, 0.717) is 0 Å². The van der Waals surface area contributed by atoms with Crippen LogP contribution in [0.3, 0.4) is 0 Å². The molecule has 0 aromatic rings. The molecule has 21 heavy (non-hydrogen) atoms. The van der Waals surface area contributed by atoms with Crippen molar-refractivity contribution in [3.05, 3.63) is 12.3 Å². The molecule has 3 nitrogen and oxygen atoms in total. The van der Waals surface area contributed by atoms with Crippen LogP contribution in [0.15, 0.2) is 12.3 Å². The summed E-state index contributed by atoms with van der Waals surface area (Å²) < 4.78 is 11.9. The van der Waals surface area contributed by atoms with E-state index in [4.69, 9.17) is 9.47 Å². The molecule has 0 aliphatic carbocycles. The van der Waals surface area contributed by atoms with Crippen molar-refractivity contribution in [1.82, 2.24) is 5.32 Å². The van der Waals surface area contributed by atoms with Gasteiger partial charge in [-0.25, -0.2) is 0 Å². The van der Waals surface area contributed by atoms with Gasteiger partial charge >= 0.3 is 0 Å². The summed E-state index contributed by atoms with van der Waals surface area (Å²) in [6, 6.07) is 2.47. The van der Waals surface area contributed by atoms with E-state index in [0.717, 1.165) is 33.0 Å². The van der Waals surface area contributed by atoms with Crippen LogP contribution in [0.25, 0.3) is 0 Å². The van der Waals surface area contributed by atoms with Crippen LogP contribution in [0, 0.1) is 5.41 Å². The minimum Gasteiger partial charge on any atom is -0.390 e. The Bertz CT molecular complexity index is 310. The molecule has 124 valence electrons. The highest BCUT2D eigenvalue weighted by molar-refractivity contribution is 6.76. The first-order valence-corrected chi connectivity index (χ1v) is 15.6. The lowest BCUT2D eigenvalue weighted by Gasteiger charge is -2.28. The summed E-state index contributed by atoms with van der Waals surface area (Å²) >= 11 is 0. The first kappa shape index (κ1) is 18.9. The molecule has 0 aromatic heterocycles. The maximum atomic E-state index is 5.97. The van der Waals surface area contributed by atoms with Crippen LogP contribution in [0.2, 0.25) is 51.4 Å². The summed E-state index contributed by atoms with van der Waals surface area (Å²) in [5, 5.41) is 3.30. The topological polar surface area (TPSA) is 30.5 Å². The Balaban J connectivity index is 2.29. The van der Waals surface area contributed by atoms with E-state index in [9.17, 15) is 0 Å². The molecule has 0 aromatic carbocycles. The van der Waals surface area contributed by atoms with Crippen LogP contribution in [0.1, 0.15) is 0 Å². The lowest BCUT2D eigenvalue weighted by molar-refractivity contribution is 0.0152. The monoisotopic (exact) mass is 329 g/mol. The molecule has 1 aliphatic heterocycles. The van der Waals surface area contributed by atoms with Gasteiger partial charge in [0.05, 0.1) is 18.6 Å². The average molecular weight is 330 g/mol. The van der Waals surface area contributed by atoms with Crippen molar-refractivity contribution < 1.29 is 9.47 Å². The van der Waals surface area contributed by atoms with E-state index in [1.54, 1.807) is 0 Å². The van der Waals surface area contributed by atoms with E-state index < -0.39 is 16.1 Å². The second-order valence-electron chi connectivity index (χ2n) is 8.80. The van der Waals surface area contributed by atoms with E-state index in [2.05, 4.69) is 50.7 Å². The van der Waals surface area contributed by atoms with Gasteiger partial charge in [0.25, 0.3) is 0 Å². The zero-order valence-corrected chi connectivity index (χ0v) is 16.9. The van der Waals surface area contributed by atoms with E-state index in [1.165, 1.54) is 12.1 Å². The van der Waals surface area contributed by atoms with Gasteiger partial charge in [0, 0.05) is 35.9 Å². The van der Waals surface area contributed by atoms with E-state index in [1.807, 2.05) is 6.20 Å². The van der Waals surface area contributed by atoms with Crippen LogP contribution in [-0.4, -0.2) is 49.1 Å². The van der Waals surface area contributed by atoms with Crippen LogP contribution in [0.4, 0.5) is 0 Å². The van der Waals surface area contributed by atoms with Crippen molar-refractivity contribution >= 4 is 16.1 Å². The summed E-state index contributed by atoms with van der Waals surface area (Å²) in [6.07, 6.45) is 4.28. The average Bonchev–Trinajstić information content (AvgIpc) is 2.78. The Kier molecular flexibility index (Phi) is 7.17. The van der Waals surface area contributed by atoms with Crippen LogP contribution in [-0.2, 0) is 9.47 Å². The Morgan fingerprint density at radius 2 is 1.38 bits per heavy atom. The van der Waals surface area contributed by atoms with Crippen LogP contribution in [0.5, 0.6) is 0 Å². The normalized spacial score (nSPS) is 18.0. The van der Waals surface area contributed by atoms with E-state index in [-0.39, 0.29) is 5.41 Å². The van der Waals surface area contributed by atoms with Crippen molar-refractivity contribution in [1.29, 1.82) is 0 Å². The van der Waals surface area contributed by atoms with Crippen molar-refractivity contribution in [2.24, 2.45) is 5.41 Å². The highest BCUT2D eigenvalue weighted by atomic mass is 28.3. The molecule has 0 bridgehead atoms. The van der Waals surface area contributed by atoms with Crippen molar-refractivity contribution in [2.45, 2.75) is 51.4 Å². The van der Waals surface area contributed by atoms with Gasteiger partial charge in [-0.2, -0.15) is 0 Å². The molecular weight excluding hydrogens is 294 g/mol. The Morgan fingerprint density at radius 1 is 0.905 bits per heavy atom. The Labute approximate surface area is 133 Å². The number of nitrogens with one attached hydrogen (secondary N) is 1. The molecule has 0 spiro atoms. The predicted molar refractivity (Wildman–Crippen MR) is 97.5 cm³/mol. The molecule has 5 heteroatoms. The number of ether oxygens (including phenoxy) is 2. The van der Waals surface area contributed by atoms with Gasteiger partial charge < -0.3 is 14.8 Å². The summed E-state index contributed by atoms with van der Waals surface area (Å²) in [6.45, 7) is 18.6. The molecule has 0 unspecified atom stereocenters. The van der Waals surface area contributed by atoms with Crippen molar-refractivity contribution in [3.63, 3.8) is 0 Å². The highest BCUT2D eigenvalue weighted by Gasteiger charge is 2.31. The summed E-state index contributed by atoms with van der Waals surface area (Å²) in [5.41, 5.74) is 0.0406. The van der Waals surface area contributed by atoms with Crippen LogP contribution >= 0.6 is 0 Å². The third kappa shape index (κ3) is 8.81. The maximum absolute atomic E-state index is 5.97. The quantitative estimate of drug-likeness (QED) is 0.488. The molecule has 1 rings (SSSR count). The molecule has 0 radical (unpaired) electrons. The number of hydrogen-bond acceptors (Lipinski definition) is 3. The number of rotatable bonds is 10. The molecule has 0 fully saturated rings. The summed E-state index contributed by atoms with van der Waals surface area (Å²) in [7, 11) is -1.99. The first-order valence-electron chi connectivity index (χ1n) is 8.19. The molecular formula is C16H35NO2Si2. The smallest absolute Gasteiger partial charge is 0.0596 e. The Morgan fingerprint density at radius 3 is 1.71 bits per heavy atom. The summed E-state index contributed by atoms with van der Waals surface area (Å²) in [5.74, 6) is 0. The van der Waals surface area contributed by atoms with Crippen molar-refractivity contribution in [2.75, 3.05) is 33.0 Å². The molecule has 0 saturated carbocycles.